The first-order valence-electron chi connectivity index (χ1n) is 8.59. The Hall–Kier alpha value is -1.86. The van der Waals surface area contributed by atoms with E-state index in [1.165, 1.54) is 12.8 Å². The number of carbonyl (C=O) groups excluding carboxylic acids is 1. The van der Waals surface area contributed by atoms with E-state index in [-0.39, 0.29) is 12.1 Å². The van der Waals surface area contributed by atoms with Crippen LogP contribution in [0.1, 0.15) is 26.2 Å². The molecule has 2 rings (SSSR count). The number of anilines is 1. The lowest BCUT2D eigenvalue weighted by Crippen LogP contribution is -2.44. The Bertz CT molecular complexity index is 489. The van der Waals surface area contributed by atoms with Crippen LogP contribution >= 0.6 is 0 Å². The van der Waals surface area contributed by atoms with Gasteiger partial charge in [0, 0.05) is 25.8 Å². The van der Waals surface area contributed by atoms with Crippen molar-refractivity contribution >= 4 is 11.7 Å². The Morgan fingerprint density at radius 3 is 2.75 bits per heavy atom. The molecule has 7 heteroatoms. The predicted molar refractivity (Wildman–Crippen MR) is 93.5 cm³/mol. The van der Waals surface area contributed by atoms with E-state index in [2.05, 4.69) is 27.4 Å². The first kappa shape index (κ1) is 18.5. The second-order valence-corrected chi connectivity index (χ2v) is 5.94. The van der Waals surface area contributed by atoms with E-state index in [1.54, 1.807) is 25.4 Å². The van der Waals surface area contributed by atoms with Crippen molar-refractivity contribution in [1.29, 1.82) is 0 Å². The van der Waals surface area contributed by atoms with Gasteiger partial charge in [0.1, 0.15) is 6.61 Å². The second kappa shape index (κ2) is 10.1. The minimum absolute atomic E-state index is 0.160. The number of nitrogens with zero attached hydrogens (tertiary/aromatic N) is 2. The summed E-state index contributed by atoms with van der Waals surface area (Å²) in [5.74, 6) is 0.512. The lowest BCUT2D eigenvalue weighted by Gasteiger charge is -2.23. The molecule has 7 nitrogen and oxygen atoms in total. The van der Waals surface area contributed by atoms with Gasteiger partial charge in [-0.25, -0.2) is 9.78 Å². The summed E-state index contributed by atoms with van der Waals surface area (Å²) in [6, 6.07) is 3.46. The number of hydrogen-bond acceptors (Lipinski definition) is 5. The number of rotatable bonds is 9. The highest BCUT2D eigenvalue weighted by atomic mass is 16.5. The summed E-state index contributed by atoms with van der Waals surface area (Å²) < 4.78 is 10.3. The maximum Gasteiger partial charge on any atom is 0.319 e. The van der Waals surface area contributed by atoms with Crippen LogP contribution in [0.3, 0.4) is 0 Å². The SMILES string of the molecule is CCC(CN1CCCC1)NC(=O)Nc1ccc(OCCOC)nc1. The highest BCUT2D eigenvalue weighted by Crippen LogP contribution is 2.12. The molecule has 0 aliphatic carbocycles. The average molecular weight is 336 g/mol. The van der Waals surface area contributed by atoms with Crippen LogP contribution in [0.2, 0.25) is 0 Å². The number of methoxy groups -OCH3 is 1. The van der Waals surface area contributed by atoms with Crippen molar-refractivity contribution in [3.05, 3.63) is 18.3 Å². The third-order valence-electron chi connectivity index (χ3n) is 4.04. The molecule has 1 aromatic rings. The lowest BCUT2D eigenvalue weighted by molar-refractivity contribution is 0.144. The van der Waals surface area contributed by atoms with Gasteiger partial charge >= 0.3 is 6.03 Å². The minimum Gasteiger partial charge on any atom is -0.475 e. The monoisotopic (exact) mass is 336 g/mol. The van der Waals surface area contributed by atoms with Crippen molar-refractivity contribution in [2.45, 2.75) is 32.2 Å². The maximum atomic E-state index is 12.1. The predicted octanol–water partition coefficient (Wildman–Crippen LogP) is 2.10. The normalized spacial score (nSPS) is 15.9. The Balaban J connectivity index is 1.75. The van der Waals surface area contributed by atoms with Crippen molar-refractivity contribution in [2.75, 3.05) is 45.3 Å². The van der Waals surface area contributed by atoms with Crippen molar-refractivity contribution in [1.82, 2.24) is 15.2 Å². The van der Waals surface area contributed by atoms with Crippen LogP contribution in [0.4, 0.5) is 10.5 Å². The number of aromatic nitrogens is 1. The molecular formula is C17H28N4O3. The molecule has 1 aliphatic heterocycles. The number of urea groups is 1. The van der Waals surface area contributed by atoms with Gasteiger partial charge in [0.15, 0.2) is 0 Å². The molecule has 24 heavy (non-hydrogen) atoms. The number of ether oxygens (including phenoxy) is 2. The Morgan fingerprint density at radius 2 is 2.12 bits per heavy atom. The lowest BCUT2D eigenvalue weighted by atomic mass is 10.2. The zero-order chi connectivity index (χ0) is 17.2. The quantitative estimate of drug-likeness (QED) is 0.676. The number of amides is 2. The number of carbonyl (C=O) groups is 1. The fraction of sp³-hybridized carbons (Fsp3) is 0.647. The molecule has 1 atom stereocenters. The fourth-order valence-corrected chi connectivity index (χ4v) is 2.68. The molecular weight excluding hydrogens is 308 g/mol. The van der Waals surface area contributed by atoms with Crippen molar-refractivity contribution in [3.63, 3.8) is 0 Å². The fourth-order valence-electron chi connectivity index (χ4n) is 2.68. The molecule has 2 N–H and O–H groups in total. The van der Waals surface area contributed by atoms with Crippen LogP contribution in [-0.4, -0.2) is 61.9 Å². The first-order valence-corrected chi connectivity index (χ1v) is 8.59. The van der Waals surface area contributed by atoms with Gasteiger partial charge in [0.2, 0.25) is 5.88 Å². The van der Waals surface area contributed by atoms with Crippen LogP contribution < -0.4 is 15.4 Å². The van der Waals surface area contributed by atoms with Crippen LogP contribution in [0.25, 0.3) is 0 Å². The maximum absolute atomic E-state index is 12.1. The van der Waals surface area contributed by atoms with Crippen LogP contribution in [0, 0.1) is 0 Å². The van der Waals surface area contributed by atoms with Gasteiger partial charge < -0.3 is 25.0 Å². The molecule has 0 aromatic carbocycles. The minimum atomic E-state index is -0.198. The average Bonchev–Trinajstić information content (AvgIpc) is 3.09. The summed E-state index contributed by atoms with van der Waals surface area (Å²) in [6.07, 6.45) is 5.01. The zero-order valence-electron chi connectivity index (χ0n) is 14.6. The zero-order valence-corrected chi connectivity index (χ0v) is 14.6. The van der Waals surface area contributed by atoms with Crippen LogP contribution in [0.5, 0.6) is 5.88 Å². The number of nitrogens with one attached hydrogen (secondary N) is 2. The van der Waals surface area contributed by atoms with E-state index in [0.717, 1.165) is 26.1 Å². The van der Waals surface area contributed by atoms with E-state index in [1.807, 2.05) is 0 Å². The smallest absolute Gasteiger partial charge is 0.319 e. The third-order valence-corrected chi connectivity index (χ3v) is 4.04. The molecule has 1 saturated heterocycles. The third kappa shape index (κ3) is 6.33. The molecule has 0 saturated carbocycles. The summed E-state index contributed by atoms with van der Waals surface area (Å²) in [6.45, 7) is 6.23. The van der Waals surface area contributed by atoms with Gasteiger partial charge in [-0.15, -0.1) is 0 Å². The van der Waals surface area contributed by atoms with E-state index in [9.17, 15) is 4.79 Å². The summed E-state index contributed by atoms with van der Waals surface area (Å²) in [5, 5.41) is 5.85. The molecule has 2 amide bonds. The second-order valence-electron chi connectivity index (χ2n) is 5.94. The summed E-state index contributed by atoms with van der Waals surface area (Å²) in [4.78, 5) is 18.7. The molecule has 0 radical (unpaired) electrons. The Morgan fingerprint density at radius 1 is 1.33 bits per heavy atom. The Kier molecular flexibility index (Phi) is 7.77. The standard InChI is InChI=1S/C17H28N4O3/c1-3-14(13-21-8-4-5-9-21)19-17(22)20-15-6-7-16(18-12-15)24-11-10-23-2/h6-7,12,14H,3-5,8-11,13H2,1-2H3,(H2,19,20,22). The molecule has 0 spiro atoms. The van der Waals surface area contributed by atoms with E-state index in [4.69, 9.17) is 9.47 Å². The molecule has 1 aromatic heterocycles. The first-order chi connectivity index (χ1) is 11.7. The van der Waals surface area contributed by atoms with Crippen molar-refractivity contribution < 1.29 is 14.3 Å². The number of pyridine rings is 1. The highest BCUT2D eigenvalue weighted by Gasteiger charge is 2.17. The topological polar surface area (TPSA) is 75.7 Å². The molecule has 1 fully saturated rings. The van der Waals surface area contributed by atoms with Crippen molar-refractivity contribution in [2.24, 2.45) is 0 Å². The summed E-state index contributed by atoms with van der Waals surface area (Å²) >= 11 is 0. The van der Waals surface area contributed by atoms with E-state index >= 15 is 0 Å². The van der Waals surface area contributed by atoms with Crippen LogP contribution in [-0.2, 0) is 4.74 Å². The highest BCUT2D eigenvalue weighted by molar-refractivity contribution is 5.89. The molecule has 2 heterocycles. The molecule has 1 unspecified atom stereocenters. The van der Waals surface area contributed by atoms with Gasteiger partial charge in [-0.3, -0.25) is 0 Å². The Labute approximate surface area is 143 Å². The van der Waals surface area contributed by atoms with Gasteiger partial charge in [0.05, 0.1) is 18.5 Å². The summed E-state index contributed by atoms with van der Waals surface area (Å²) in [7, 11) is 1.62. The van der Waals surface area contributed by atoms with Gasteiger partial charge in [-0.1, -0.05) is 6.92 Å². The number of hydrogen-bond donors (Lipinski definition) is 2. The van der Waals surface area contributed by atoms with Crippen LogP contribution in [0.15, 0.2) is 18.3 Å². The van der Waals surface area contributed by atoms with Gasteiger partial charge in [-0.2, -0.15) is 0 Å². The molecule has 1 aliphatic rings. The molecule has 0 bridgehead atoms. The summed E-state index contributed by atoms with van der Waals surface area (Å²) in [5.41, 5.74) is 0.641. The van der Waals surface area contributed by atoms with Gasteiger partial charge in [0.25, 0.3) is 0 Å². The van der Waals surface area contributed by atoms with E-state index in [0.29, 0.717) is 24.8 Å². The van der Waals surface area contributed by atoms with Gasteiger partial charge in [-0.05, 0) is 38.4 Å². The largest absolute Gasteiger partial charge is 0.475 e. The molecule has 134 valence electrons. The van der Waals surface area contributed by atoms with Crippen molar-refractivity contribution in [3.8, 4) is 5.88 Å². The number of likely N-dealkylation sites (tertiary alicyclic amines) is 1. The van der Waals surface area contributed by atoms with E-state index < -0.39 is 0 Å².